The molecule has 4 heteroatoms. The lowest BCUT2D eigenvalue weighted by Crippen LogP contribution is -2.10. The highest BCUT2D eigenvalue weighted by atomic mass is 35.5. The van der Waals surface area contributed by atoms with Gasteiger partial charge < -0.3 is 0 Å². The number of hydrogen-bond acceptors (Lipinski definition) is 3. The van der Waals surface area contributed by atoms with Gasteiger partial charge in [-0.25, -0.2) is 9.97 Å². The third kappa shape index (κ3) is 2.89. The largest absolute Gasteiger partial charge is 0.237 e. The smallest absolute Gasteiger partial charge is 0.140 e. The number of aryl methyl sites for hydroxylation is 1. The second-order valence-corrected chi connectivity index (χ2v) is 6.35. The van der Waals surface area contributed by atoms with Gasteiger partial charge in [0.15, 0.2) is 0 Å². The zero-order valence-corrected chi connectivity index (χ0v) is 11.4. The Hall–Kier alpha value is -0.280. The second kappa shape index (κ2) is 5.37. The highest BCUT2D eigenvalue weighted by molar-refractivity contribution is 7.99. The molecule has 2 nitrogen and oxygen atoms in total. The molecule has 0 unspecified atom stereocenters. The van der Waals surface area contributed by atoms with Gasteiger partial charge in [-0.15, -0.1) is 0 Å². The Kier molecular flexibility index (Phi) is 4.09. The summed E-state index contributed by atoms with van der Waals surface area (Å²) in [6.45, 7) is 4.37. The van der Waals surface area contributed by atoms with Gasteiger partial charge in [-0.3, -0.25) is 0 Å². The molecule has 0 N–H and O–H groups in total. The molecular formula is C12H17ClN2S. The van der Waals surface area contributed by atoms with E-state index in [0.717, 1.165) is 24.4 Å². The summed E-state index contributed by atoms with van der Waals surface area (Å²) in [5.74, 6) is 1.76. The van der Waals surface area contributed by atoms with Gasteiger partial charge in [-0.05, 0) is 30.9 Å². The van der Waals surface area contributed by atoms with E-state index >= 15 is 0 Å². The molecule has 16 heavy (non-hydrogen) atoms. The fraction of sp³-hybridized carbons (Fsp3) is 0.667. The first-order valence-electron chi connectivity index (χ1n) is 5.82. The molecule has 0 fully saturated rings. The first-order valence-corrected chi connectivity index (χ1v) is 7.25. The number of fused-ring (bicyclic) bond motifs is 1. The minimum absolute atomic E-state index is 0.610. The van der Waals surface area contributed by atoms with Gasteiger partial charge in [0.2, 0.25) is 0 Å². The van der Waals surface area contributed by atoms with Gasteiger partial charge in [0.1, 0.15) is 11.0 Å². The average molecular weight is 257 g/mol. The first-order chi connectivity index (χ1) is 7.66. The van der Waals surface area contributed by atoms with E-state index in [1.165, 1.54) is 24.1 Å². The summed E-state index contributed by atoms with van der Waals surface area (Å²) >= 11 is 8.06. The molecule has 1 heterocycles. The summed E-state index contributed by atoms with van der Waals surface area (Å²) in [5, 5.41) is 1.29. The highest BCUT2D eigenvalue weighted by Crippen LogP contribution is 2.26. The molecule has 0 bridgehead atoms. The molecule has 0 amide bonds. The van der Waals surface area contributed by atoms with Gasteiger partial charge in [-0.1, -0.05) is 25.4 Å². The van der Waals surface area contributed by atoms with Gasteiger partial charge in [0.25, 0.3) is 0 Å². The van der Waals surface area contributed by atoms with Gasteiger partial charge in [0, 0.05) is 11.3 Å². The third-order valence-corrected chi connectivity index (χ3v) is 4.13. The van der Waals surface area contributed by atoms with Crippen LogP contribution in [0.2, 0.25) is 5.15 Å². The van der Waals surface area contributed by atoms with Crippen molar-refractivity contribution in [2.24, 2.45) is 0 Å². The molecule has 1 aromatic heterocycles. The van der Waals surface area contributed by atoms with E-state index in [2.05, 4.69) is 23.8 Å². The summed E-state index contributed by atoms with van der Waals surface area (Å²) in [7, 11) is 0. The van der Waals surface area contributed by atoms with Crippen LogP contribution in [0.15, 0.2) is 0 Å². The van der Waals surface area contributed by atoms with Crippen LogP contribution in [0, 0.1) is 0 Å². The average Bonchev–Trinajstić information content (AvgIpc) is 2.26. The zero-order chi connectivity index (χ0) is 11.5. The Morgan fingerprint density at radius 3 is 2.75 bits per heavy atom. The van der Waals surface area contributed by atoms with Crippen molar-refractivity contribution >= 4 is 23.4 Å². The van der Waals surface area contributed by atoms with Crippen molar-refractivity contribution in [3.8, 4) is 0 Å². The predicted octanol–water partition coefficient (Wildman–Crippen LogP) is 3.65. The van der Waals surface area contributed by atoms with Crippen molar-refractivity contribution in [2.75, 3.05) is 0 Å². The van der Waals surface area contributed by atoms with Crippen LogP contribution in [0.5, 0.6) is 0 Å². The summed E-state index contributed by atoms with van der Waals surface area (Å²) in [6, 6.07) is 0. The fourth-order valence-electron chi connectivity index (χ4n) is 1.90. The lowest BCUT2D eigenvalue weighted by atomic mass is 9.97. The molecule has 0 saturated carbocycles. The second-order valence-electron chi connectivity index (χ2n) is 4.42. The molecule has 1 aromatic rings. The minimum atomic E-state index is 0.610. The topological polar surface area (TPSA) is 25.8 Å². The molecule has 1 aliphatic carbocycles. The van der Waals surface area contributed by atoms with Crippen molar-refractivity contribution < 1.29 is 0 Å². The van der Waals surface area contributed by atoms with Crippen LogP contribution in [0.3, 0.4) is 0 Å². The summed E-state index contributed by atoms with van der Waals surface area (Å²) in [4.78, 5) is 9.02. The van der Waals surface area contributed by atoms with Crippen molar-refractivity contribution in [1.82, 2.24) is 9.97 Å². The maximum absolute atomic E-state index is 6.20. The lowest BCUT2D eigenvalue weighted by molar-refractivity contribution is 0.657. The number of nitrogens with zero attached hydrogens (tertiary/aromatic N) is 2. The lowest BCUT2D eigenvalue weighted by Gasteiger charge is -2.16. The predicted molar refractivity (Wildman–Crippen MR) is 70.1 cm³/mol. The minimum Gasteiger partial charge on any atom is -0.237 e. The van der Waals surface area contributed by atoms with Crippen LogP contribution >= 0.6 is 23.4 Å². The maximum atomic E-state index is 6.20. The fourth-order valence-corrected chi connectivity index (χ4v) is 2.81. The van der Waals surface area contributed by atoms with Crippen molar-refractivity contribution in [1.29, 1.82) is 0 Å². The maximum Gasteiger partial charge on any atom is 0.140 e. The SMILES string of the molecule is CC(C)SCc1nc(Cl)c2c(n1)CCCC2. The number of thioether (sulfide) groups is 1. The molecule has 0 atom stereocenters. The Labute approximate surface area is 106 Å². The van der Waals surface area contributed by atoms with E-state index in [1.54, 1.807) is 0 Å². The van der Waals surface area contributed by atoms with Gasteiger partial charge in [-0.2, -0.15) is 11.8 Å². The first kappa shape index (κ1) is 12.2. The van der Waals surface area contributed by atoms with E-state index in [1.807, 2.05) is 11.8 Å². The van der Waals surface area contributed by atoms with Crippen LogP contribution in [-0.2, 0) is 18.6 Å². The van der Waals surface area contributed by atoms with Crippen molar-refractivity contribution in [3.05, 3.63) is 22.2 Å². The molecule has 0 aliphatic heterocycles. The van der Waals surface area contributed by atoms with Gasteiger partial charge >= 0.3 is 0 Å². The molecule has 1 aliphatic rings. The standard InChI is InChI=1S/C12H17ClN2S/c1-8(2)16-7-11-14-10-6-4-3-5-9(10)12(13)15-11/h8H,3-7H2,1-2H3. The monoisotopic (exact) mass is 256 g/mol. The normalized spacial score (nSPS) is 15.2. The third-order valence-electron chi connectivity index (χ3n) is 2.72. The zero-order valence-electron chi connectivity index (χ0n) is 9.79. The Morgan fingerprint density at radius 1 is 1.25 bits per heavy atom. The van der Waals surface area contributed by atoms with Gasteiger partial charge in [0.05, 0.1) is 5.75 Å². The number of aromatic nitrogens is 2. The van der Waals surface area contributed by atoms with Crippen LogP contribution in [0.4, 0.5) is 0 Å². The van der Waals surface area contributed by atoms with E-state index in [-0.39, 0.29) is 0 Å². The van der Waals surface area contributed by atoms with Crippen molar-refractivity contribution in [2.45, 2.75) is 50.5 Å². The number of halogens is 1. The highest BCUT2D eigenvalue weighted by Gasteiger charge is 2.16. The Bertz CT molecular complexity index is 380. The quantitative estimate of drug-likeness (QED) is 0.772. The van der Waals surface area contributed by atoms with E-state index in [0.29, 0.717) is 10.4 Å². The summed E-state index contributed by atoms with van der Waals surface area (Å²) in [5.41, 5.74) is 2.37. The summed E-state index contributed by atoms with van der Waals surface area (Å²) in [6.07, 6.45) is 4.57. The van der Waals surface area contributed by atoms with Crippen LogP contribution in [0.25, 0.3) is 0 Å². The van der Waals surface area contributed by atoms with E-state index in [9.17, 15) is 0 Å². The van der Waals surface area contributed by atoms with Crippen LogP contribution < -0.4 is 0 Å². The molecule has 88 valence electrons. The van der Waals surface area contributed by atoms with Crippen LogP contribution in [0.1, 0.15) is 43.8 Å². The Balaban J connectivity index is 2.18. The molecule has 0 radical (unpaired) electrons. The Morgan fingerprint density at radius 2 is 2.00 bits per heavy atom. The molecule has 2 rings (SSSR count). The molecular weight excluding hydrogens is 240 g/mol. The molecule has 0 spiro atoms. The van der Waals surface area contributed by atoms with E-state index < -0.39 is 0 Å². The molecule has 0 aromatic carbocycles. The number of rotatable bonds is 3. The van der Waals surface area contributed by atoms with E-state index in [4.69, 9.17) is 11.6 Å². The van der Waals surface area contributed by atoms with Crippen molar-refractivity contribution in [3.63, 3.8) is 0 Å². The van der Waals surface area contributed by atoms with Crippen LogP contribution in [-0.4, -0.2) is 15.2 Å². The molecule has 0 saturated heterocycles. The number of hydrogen-bond donors (Lipinski definition) is 0. The summed E-state index contributed by atoms with van der Waals surface area (Å²) < 4.78 is 0.